The summed E-state index contributed by atoms with van der Waals surface area (Å²) in [5.41, 5.74) is 2.42. The molecule has 0 saturated heterocycles. The molecule has 1 fully saturated rings. The standard InChI is InChI=1S/C33H38N4O6S/c1-22-18-19-37(36-44(41,42)29-17-9-13-24-10-5-8-16-28(24)29)33(40)30(22)31(43-23(2)38)32(39)35-21-26-12-4-3-11-25(26)20-34-27-14-6-7-15-27/h3-5,8-13,16-17,27,31,34,36H,6-7,14-15,18-21H2,1-2H3,(H,35,39). The van der Waals surface area contributed by atoms with Crippen LogP contribution in [0.15, 0.2) is 82.8 Å². The van der Waals surface area contributed by atoms with E-state index in [9.17, 15) is 22.8 Å². The maximum absolute atomic E-state index is 13.7. The van der Waals surface area contributed by atoms with Crippen molar-refractivity contribution in [3.05, 3.63) is 89.0 Å². The number of hydrazine groups is 1. The summed E-state index contributed by atoms with van der Waals surface area (Å²) in [6.07, 6.45) is 3.49. The fourth-order valence-corrected chi connectivity index (χ4v) is 7.16. The molecule has 0 spiro atoms. The number of ether oxygens (including phenoxy) is 1. The van der Waals surface area contributed by atoms with Crippen LogP contribution in [0.3, 0.4) is 0 Å². The van der Waals surface area contributed by atoms with Gasteiger partial charge in [0.25, 0.3) is 21.8 Å². The Kier molecular flexibility index (Phi) is 9.77. The van der Waals surface area contributed by atoms with Gasteiger partial charge in [0, 0.05) is 38.0 Å². The summed E-state index contributed by atoms with van der Waals surface area (Å²) in [6, 6.07) is 20.2. The second kappa shape index (κ2) is 13.7. The summed E-state index contributed by atoms with van der Waals surface area (Å²) in [7, 11) is -4.17. The van der Waals surface area contributed by atoms with Crippen molar-refractivity contribution in [2.24, 2.45) is 0 Å². The Hall–Kier alpha value is -4.06. The number of nitrogens with one attached hydrogen (secondary N) is 3. The van der Waals surface area contributed by atoms with Crippen molar-refractivity contribution in [3.8, 4) is 0 Å². The zero-order valence-corrected chi connectivity index (χ0v) is 25.8. The van der Waals surface area contributed by atoms with Gasteiger partial charge in [-0.05, 0) is 48.8 Å². The van der Waals surface area contributed by atoms with E-state index in [1.807, 2.05) is 30.3 Å². The second-order valence-electron chi connectivity index (χ2n) is 11.3. The van der Waals surface area contributed by atoms with Crippen LogP contribution in [-0.4, -0.2) is 49.9 Å². The minimum Gasteiger partial charge on any atom is -0.447 e. The molecule has 3 N–H and O–H groups in total. The molecule has 3 aromatic carbocycles. The monoisotopic (exact) mass is 618 g/mol. The van der Waals surface area contributed by atoms with Gasteiger partial charge in [0.15, 0.2) is 0 Å². The molecule has 0 radical (unpaired) electrons. The van der Waals surface area contributed by atoms with Crippen LogP contribution in [0.2, 0.25) is 0 Å². The number of hydrogen-bond donors (Lipinski definition) is 3. The van der Waals surface area contributed by atoms with Crippen molar-refractivity contribution in [1.82, 2.24) is 20.5 Å². The molecule has 0 bridgehead atoms. The number of amides is 2. The SMILES string of the molecule is CC(=O)OC(C(=O)NCc1ccccc1CNC1CCCC1)C1=C(C)CCN(NS(=O)(=O)c2cccc3ccccc23)C1=O. The second-order valence-corrected chi connectivity index (χ2v) is 12.9. The maximum Gasteiger partial charge on any atom is 0.303 e. The minimum atomic E-state index is -4.17. The van der Waals surface area contributed by atoms with Crippen molar-refractivity contribution in [2.75, 3.05) is 6.54 Å². The van der Waals surface area contributed by atoms with E-state index in [-0.39, 0.29) is 30.0 Å². The highest BCUT2D eigenvalue weighted by molar-refractivity contribution is 7.89. The molecule has 5 rings (SSSR count). The highest BCUT2D eigenvalue weighted by Gasteiger charge is 2.38. The summed E-state index contributed by atoms with van der Waals surface area (Å²) in [5, 5.41) is 8.63. The van der Waals surface area contributed by atoms with Crippen molar-refractivity contribution >= 4 is 38.6 Å². The Morgan fingerprint density at radius 3 is 2.34 bits per heavy atom. The predicted molar refractivity (Wildman–Crippen MR) is 166 cm³/mol. The van der Waals surface area contributed by atoms with Crippen LogP contribution < -0.4 is 15.5 Å². The first kappa shape index (κ1) is 31.4. The van der Waals surface area contributed by atoms with Crippen LogP contribution in [0, 0.1) is 0 Å². The van der Waals surface area contributed by atoms with Crippen molar-refractivity contribution < 1.29 is 27.5 Å². The van der Waals surface area contributed by atoms with E-state index in [0.29, 0.717) is 23.5 Å². The van der Waals surface area contributed by atoms with Gasteiger partial charge < -0.3 is 15.4 Å². The summed E-state index contributed by atoms with van der Waals surface area (Å²) >= 11 is 0. The maximum atomic E-state index is 13.7. The van der Waals surface area contributed by atoms with Gasteiger partial charge in [0.1, 0.15) is 0 Å². The lowest BCUT2D eigenvalue weighted by molar-refractivity contribution is -0.153. The molecule has 1 aliphatic heterocycles. The molecule has 232 valence electrons. The first-order valence-electron chi connectivity index (χ1n) is 14.9. The predicted octanol–water partition coefficient (Wildman–Crippen LogP) is 3.86. The van der Waals surface area contributed by atoms with Gasteiger partial charge in [-0.2, -0.15) is 0 Å². The first-order valence-corrected chi connectivity index (χ1v) is 16.4. The van der Waals surface area contributed by atoms with Crippen molar-refractivity contribution in [3.63, 3.8) is 0 Å². The summed E-state index contributed by atoms with van der Waals surface area (Å²) in [4.78, 5) is 41.8. The lowest BCUT2D eigenvalue weighted by Crippen LogP contribution is -2.53. The van der Waals surface area contributed by atoms with Crippen LogP contribution >= 0.6 is 0 Å². The average molecular weight is 619 g/mol. The Morgan fingerprint density at radius 2 is 1.61 bits per heavy atom. The third-order valence-electron chi connectivity index (χ3n) is 8.21. The van der Waals surface area contributed by atoms with E-state index in [1.54, 1.807) is 37.3 Å². The molecular formula is C33H38N4O6S. The van der Waals surface area contributed by atoms with Gasteiger partial charge in [-0.25, -0.2) is 8.42 Å². The third-order valence-corrected chi connectivity index (χ3v) is 9.60. The molecule has 1 atom stereocenters. The number of carbonyl (C=O) groups is 3. The Bertz CT molecular complexity index is 1690. The van der Waals surface area contributed by atoms with Crippen LogP contribution in [0.4, 0.5) is 0 Å². The number of nitrogens with zero attached hydrogens (tertiary/aromatic N) is 1. The van der Waals surface area contributed by atoms with E-state index in [1.165, 1.54) is 18.9 Å². The smallest absolute Gasteiger partial charge is 0.303 e. The molecule has 3 aromatic rings. The summed E-state index contributed by atoms with van der Waals surface area (Å²) in [6.45, 7) is 3.72. The fraction of sp³-hybridized carbons (Fsp3) is 0.364. The largest absolute Gasteiger partial charge is 0.447 e. The van der Waals surface area contributed by atoms with Gasteiger partial charge in [-0.1, -0.05) is 79.1 Å². The number of fused-ring (bicyclic) bond motifs is 1. The minimum absolute atomic E-state index is 0.0200. The molecule has 1 heterocycles. The van der Waals surface area contributed by atoms with E-state index >= 15 is 0 Å². The Balaban J connectivity index is 1.32. The topological polar surface area (TPSA) is 134 Å². The molecule has 44 heavy (non-hydrogen) atoms. The molecule has 2 amide bonds. The molecule has 1 unspecified atom stereocenters. The zero-order valence-electron chi connectivity index (χ0n) is 25.0. The van der Waals surface area contributed by atoms with Crippen LogP contribution in [-0.2, 0) is 42.2 Å². The molecule has 2 aliphatic rings. The third kappa shape index (κ3) is 7.18. The first-order chi connectivity index (χ1) is 21.1. The number of carbonyl (C=O) groups excluding carboxylic acids is 3. The summed E-state index contributed by atoms with van der Waals surface area (Å²) < 4.78 is 32.3. The molecule has 11 heteroatoms. The number of rotatable bonds is 11. The number of sulfonamides is 1. The molecule has 0 aromatic heterocycles. The number of esters is 1. The van der Waals surface area contributed by atoms with Gasteiger partial charge in [-0.3, -0.25) is 19.4 Å². The van der Waals surface area contributed by atoms with Gasteiger partial charge in [0.2, 0.25) is 6.10 Å². The molecule has 1 aliphatic carbocycles. The number of hydrogen-bond acceptors (Lipinski definition) is 7. The lowest BCUT2D eigenvalue weighted by atomic mass is 9.96. The van der Waals surface area contributed by atoms with E-state index in [2.05, 4.69) is 15.5 Å². The number of benzene rings is 3. The van der Waals surface area contributed by atoms with E-state index in [4.69, 9.17) is 4.74 Å². The normalized spacial score (nSPS) is 16.8. The average Bonchev–Trinajstić information content (AvgIpc) is 3.53. The Morgan fingerprint density at radius 1 is 0.955 bits per heavy atom. The van der Waals surface area contributed by atoms with E-state index < -0.39 is 33.9 Å². The van der Waals surface area contributed by atoms with Gasteiger partial charge >= 0.3 is 5.97 Å². The molecule has 10 nitrogen and oxygen atoms in total. The highest BCUT2D eigenvalue weighted by atomic mass is 32.2. The van der Waals surface area contributed by atoms with Crippen LogP contribution in [0.25, 0.3) is 10.8 Å². The Labute approximate surface area is 257 Å². The fourth-order valence-electron chi connectivity index (χ4n) is 5.86. The molecular weight excluding hydrogens is 580 g/mol. The quantitative estimate of drug-likeness (QED) is 0.278. The summed E-state index contributed by atoms with van der Waals surface area (Å²) in [5.74, 6) is -2.16. The highest BCUT2D eigenvalue weighted by Crippen LogP contribution is 2.27. The zero-order chi connectivity index (χ0) is 31.3. The van der Waals surface area contributed by atoms with Crippen molar-refractivity contribution in [1.29, 1.82) is 0 Å². The van der Waals surface area contributed by atoms with Crippen molar-refractivity contribution in [2.45, 2.75) is 76.1 Å². The van der Waals surface area contributed by atoms with Gasteiger partial charge in [-0.15, -0.1) is 4.83 Å². The van der Waals surface area contributed by atoms with Crippen LogP contribution in [0.5, 0.6) is 0 Å². The van der Waals surface area contributed by atoms with Crippen LogP contribution in [0.1, 0.15) is 57.1 Å². The van der Waals surface area contributed by atoms with Gasteiger partial charge in [0.05, 0.1) is 10.5 Å². The van der Waals surface area contributed by atoms with E-state index in [0.717, 1.165) is 41.3 Å². The molecule has 1 saturated carbocycles. The lowest BCUT2D eigenvalue weighted by Gasteiger charge is -2.32.